The van der Waals surface area contributed by atoms with Gasteiger partial charge in [0, 0.05) is 6.20 Å². The number of rotatable bonds is 12. The molecule has 206 valence electrons. The average molecular weight is 555 g/mol. The molecule has 4 atom stereocenters. The molecule has 0 spiro atoms. The molecule has 4 rings (SSSR count). The summed E-state index contributed by atoms with van der Waals surface area (Å²) in [5, 5.41) is 2.67. The molecule has 0 saturated carbocycles. The van der Waals surface area contributed by atoms with E-state index in [-0.39, 0.29) is 24.8 Å². The molecule has 0 amide bonds. The summed E-state index contributed by atoms with van der Waals surface area (Å²) in [7, 11) is -4.14. The third kappa shape index (κ3) is 7.42. The number of benzene rings is 2. The van der Waals surface area contributed by atoms with Crippen LogP contribution in [0.25, 0.3) is 0 Å². The quantitative estimate of drug-likeness (QED) is 0.192. The van der Waals surface area contributed by atoms with Gasteiger partial charge in [-0.1, -0.05) is 54.6 Å². The van der Waals surface area contributed by atoms with Crippen LogP contribution < -0.4 is 21.0 Å². The Labute approximate surface area is 226 Å². The molecule has 3 N–H and O–H groups in total. The predicted octanol–water partition coefficient (Wildman–Crippen LogP) is 3.98. The molecule has 11 nitrogen and oxygen atoms in total. The number of carbonyl (C=O) groups is 1. The lowest BCUT2D eigenvalue weighted by atomic mass is 10.0. The number of hydrogen-bond donors (Lipinski definition) is 2. The predicted molar refractivity (Wildman–Crippen MR) is 145 cm³/mol. The summed E-state index contributed by atoms with van der Waals surface area (Å²) in [5.41, 5.74) is 4.77. The van der Waals surface area contributed by atoms with Gasteiger partial charge in [-0.3, -0.25) is 13.9 Å². The summed E-state index contributed by atoms with van der Waals surface area (Å²) in [5.74, 6) is -0.255. The third-order valence-corrected chi connectivity index (χ3v) is 7.72. The van der Waals surface area contributed by atoms with Crippen LogP contribution in [0.4, 0.5) is 5.82 Å². The van der Waals surface area contributed by atoms with E-state index in [0.29, 0.717) is 12.8 Å². The van der Waals surface area contributed by atoms with Gasteiger partial charge in [0.05, 0.1) is 6.61 Å². The van der Waals surface area contributed by atoms with Gasteiger partial charge in [-0.05, 0) is 43.5 Å². The summed E-state index contributed by atoms with van der Waals surface area (Å²) >= 11 is 0. The van der Waals surface area contributed by atoms with E-state index >= 15 is 0 Å². The molecule has 1 fully saturated rings. The van der Waals surface area contributed by atoms with Gasteiger partial charge in [-0.25, -0.2) is 9.36 Å². The van der Waals surface area contributed by atoms with Crippen molar-refractivity contribution in [1.29, 1.82) is 0 Å². The molecule has 1 aliphatic heterocycles. The standard InChI is InChI=1S/C27H31N4O7P/c1-3-27(16-14-24(37-27)31-17-15-23(28)29-26(31)33)19-36-39(34,38-22-12-8-5-9-13-22)30-20(2)25(32)35-18-21-10-6-4-7-11-21/h3-13,15,17,20,24H,1,14,16,18-19H2,2H3,(H,30,34)(H2,28,29,33)/t20-,24+,27-,39?/m0/s1. The zero-order valence-electron chi connectivity index (χ0n) is 21.5. The van der Waals surface area contributed by atoms with E-state index in [2.05, 4.69) is 16.7 Å². The number of hydrogen-bond acceptors (Lipinski definition) is 9. The van der Waals surface area contributed by atoms with Crippen molar-refractivity contribution in [3.8, 4) is 5.75 Å². The molecular formula is C27H31N4O7P. The molecule has 0 radical (unpaired) electrons. The molecule has 1 unspecified atom stereocenters. The lowest BCUT2D eigenvalue weighted by Gasteiger charge is -2.29. The minimum atomic E-state index is -4.14. The highest BCUT2D eigenvalue weighted by Gasteiger charge is 2.43. The fraction of sp³-hybridized carbons (Fsp3) is 0.296. The Hall–Kier alpha value is -3.76. The van der Waals surface area contributed by atoms with Crippen LogP contribution in [0.2, 0.25) is 0 Å². The second-order valence-electron chi connectivity index (χ2n) is 9.04. The molecule has 12 heteroatoms. The number of nitrogen functional groups attached to an aromatic ring is 1. The second-order valence-corrected chi connectivity index (χ2v) is 10.7. The van der Waals surface area contributed by atoms with Gasteiger partial charge in [0.15, 0.2) is 0 Å². The van der Waals surface area contributed by atoms with Crippen molar-refractivity contribution in [2.24, 2.45) is 0 Å². The number of carbonyl (C=O) groups excluding carboxylic acids is 1. The van der Waals surface area contributed by atoms with E-state index in [9.17, 15) is 14.2 Å². The van der Waals surface area contributed by atoms with Crippen LogP contribution in [0.5, 0.6) is 5.75 Å². The first kappa shape index (κ1) is 28.3. The largest absolute Gasteiger partial charge is 0.460 e. The number of para-hydroxylation sites is 1. The van der Waals surface area contributed by atoms with E-state index in [1.807, 2.05) is 30.3 Å². The first-order valence-electron chi connectivity index (χ1n) is 12.3. The zero-order valence-corrected chi connectivity index (χ0v) is 22.4. The van der Waals surface area contributed by atoms with Crippen LogP contribution in [0.3, 0.4) is 0 Å². The molecule has 0 aliphatic carbocycles. The molecule has 2 aromatic carbocycles. The maximum atomic E-state index is 13.9. The molecule has 2 heterocycles. The van der Waals surface area contributed by atoms with Gasteiger partial charge in [0.1, 0.15) is 36.0 Å². The van der Waals surface area contributed by atoms with Crippen molar-refractivity contribution in [3.63, 3.8) is 0 Å². The van der Waals surface area contributed by atoms with E-state index in [1.54, 1.807) is 30.3 Å². The number of esters is 1. The normalized spacial score (nSPS) is 21.0. The van der Waals surface area contributed by atoms with Crippen molar-refractivity contribution in [3.05, 3.63) is 102 Å². The molecule has 39 heavy (non-hydrogen) atoms. The number of ether oxygens (including phenoxy) is 2. The Bertz CT molecular complexity index is 1390. The SMILES string of the molecule is C=C[C@@]1(COP(=O)(N[C@@H](C)C(=O)OCc2ccccc2)Oc2ccccc2)CC[C@H](n2ccc(N)nc2=O)O1. The monoisotopic (exact) mass is 554 g/mol. The van der Waals surface area contributed by atoms with Gasteiger partial charge in [0.25, 0.3) is 0 Å². The Morgan fingerprint density at radius 3 is 2.62 bits per heavy atom. The second kappa shape index (κ2) is 12.4. The summed E-state index contributed by atoms with van der Waals surface area (Å²) in [4.78, 5) is 28.7. The minimum absolute atomic E-state index is 0.0601. The van der Waals surface area contributed by atoms with Gasteiger partial charge in [-0.2, -0.15) is 10.1 Å². The van der Waals surface area contributed by atoms with Crippen molar-refractivity contribution in [2.75, 3.05) is 12.3 Å². The first-order valence-corrected chi connectivity index (χ1v) is 13.9. The van der Waals surface area contributed by atoms with Crippen molar-refractivity contribution in [1.82, 2.24) is 14.6 Å². The average Bonchev–Trinajstić information content (AvgIpc) is 3.36. The van der Waals surface area contributed by atoms with E-state index in [1.165, 1.54) is 29.8 Å². The maximum absolute atomic E-state index is 13.9. The highest BCUT2D eigenvalue weighted by Crippen LogP contribution is 2.48. The Kier molecular flexibility index (Phi) is 8.98. The Balaban J connectivity index is 1.46. The smallest absolute Gasteiger partial charge is 0.459 e. The van der Waals surface area contributed by atoms with Crippen LogP contribution in [-0.4, -0.2) is 33.8 Å². The molecule has 1 aliphatic rings. The van der Waals surface area contributed by atoms with Gasteiger partial charge in [0.2, 0.25) is 0 Å². The highest BCUT2D eigenvalue weighted by molar-refractivity contribution is 7.52. The fourth-order valence-corrected chi connectivity index (χ4v) is 5.51. The van der Waals surface area contributed by atoms with Crippen molar-refractivity contribution in [2.45, 2.75) is 44.2 Å². The lowest BCUT2D eigenvalue weighted by molar-refractivity contribution is -0.146. The Morgan fingerprint density at radius 1 is 1.26 bits per heavy atom. The molecule has 1 saturated heterocycles. The summed E-state index contributed by atoms with van der Waals surface area (Å²) in [6.07, 6.45) is 3.25. The zero-order chi connectivity index (χ0) is 27.9. The van der Waals surface area contributed by atoms with Gasteiger partial charge >= 0.3 is 19.4 Å². The molecule has 0 bridgehead atoms. The van der Waals surface area contributed by atoms with Gasteiger partial charge in [-0.15, -0.1) is 6.58 Å². The topological polar surface area (TPSA) is 144 Å². The molecule has 3 aromatic rings. The summed E-state index contributed by atoms with van der Waals surface area (Å²) in [6, 6.07) is 18.1. The fourth-order valence-electron chi connectivity index (χ4n) is 3.96. The van der Waals surface area contributed by atoms with Crippen molar-refractivity contribution >= 4 is 19.5 Å². The summed E-state index contributed by atoms with van der Waals surface area (Å²) < 4.78 is 38.3. The first-order chi connectivity index (χ1) is 18.7. The van der Waals surface area contributed by atoms with E-state index < -0.39 is 37.3 Å². The van der Waals surface area contributed by atoms with Crippen LogP contribution in [0.15, 0.2) is 90.4 Å². The van der Waals surface area contributed by atoms with Crippen LogP contribution in [-0.2, 0) is 30.0 Å². The van der Waals surface area contributed by atoms with Crippen LogP contribution in [0.1, 0.15) is 31.6 Å². The number of aromatic nitrogens is 2. The van der Waals surface area contributed by atoms with E-state index in [0.717, 1.165) is 5.56 Å². The highest BCUT2D eigenvalue weighted by atomic mass is 31.2. The number of nitrogens with two attached hydrogens (primary N) is 1. The molecular weight excluding hydrogens is 523 g/mol. The van der Waals surface area contributed by atoms with Crippen LogP contribution >= 0.6 is 7.75 Å². The maximum Gasteiger partial charge on any atom is 0.459 e. The summed E-state index contributed by atoms with van der Waals surface area (Å²) in [6.45, 7) is 5.19. The van der Waals surface area contributed by atoms with Crippen molar-refractivity contribution < 1.29 is 27.9 Å². The minimum Gasteiger partial charge on any atom is -0.460 e. The van der Waals surface area contributed by atoms with Gasteiger partial charge < -0.3 is 19.7 Å². The number of anilines is 1. The number of nitrogens with zero attached hydrogens (tertiary/aromatic N) is 2. The van der Waals surface area contributed by atoms with Crippen LogP contribution in [0, 0.1) is 0 Å². The third-order valence-electron chi connectivity index (χ3n) is 6.10. The molecule has 1 aromatic heterocycles. The van der Waals surface area contributed by atoms with E-state index in [4.69, 9.17) is 24.3 Å². The number of nitrogens with one attached hydrogen (secondary N) is 1. The lowest BCUT2D eigenvalue weighted by Crippen LogP contribution is -2.38. The Morgan fingerprint density at radius 2 is 1.95 bits per heavy atom.